The van der Waals surface area contributed by atoms with Crippen LogP contribution in [0.15, 0.2) is 18.2 Å². The molecule has 0 amide bonds. The van der Waals surface area contributed by atoms with Gasteiger partial charge in [-0.1, -0.05) is 0 Å². The number of nitrogens with zero attached hydrogens (tertiary/aromatic N) is 1. The summed E-state index contributed by atoms with van der Waals surface area (Å²) in [5.74, 6) is -0.526. The number of nitrogens with two attached hydrogens (primary N) is 1. The number of rotatable bonds is 3. The SMILES string of the molecule is COC(=O)C=Cc1cc(C)c(N)c([N+](=O)[O-])c1. The molecule has 6 nitrogen and oxygen atoms in total. The van der Waals surface area contributed by atoms with Gasteiger partial charge in [0.1, 0.15) is 5.69 Å². The molecule has 0 saturated heterocycles. The molecule has 0 aliphatic heterocycles. The third-order valence-electron chi connectivity index (χ3n) is 2.20. The first-order chi connectivity index (χ1) is 7.95. The molecule has 0 unspecified atom stereocenters. The van der Waals surface area contributed by atoms with Gasteiger partial charge in [0.2, 0.25) is 0 Å². The number of ether oxygens (including phenoxy) is 1. The molecular formula is C11H12N2O4. The quantitative estimate of drug-likeness (QED) is 0.283. The van der Waals surface area contributed by atoms with Crippen LogP contribution in [0.3, 0.4) is 0 Å². The number of hydrogen-bond acceptors (Lipinski definition) is 5. The monoisotopic (exact) mass is 236 g/mol. The zero-order valence-electron chi connectivity index (χ0n) is 9.47. The highest BCUT2D eigenvalue weighted by Gasteiger charge is 2.14. The molecule has 0 saturated carbocycles. The summed E-state index contributed by atoms with van der Waals surface area (Å²) in [7, 11) is 1.25. The van der Waals surface area contributed by atoms with Crippen LogP contribution in [-0.4, -0.2) is 18.0 Å². The second-order valence-electron chi connectivity index (χ2n) is 3.38. The summed E-state index contributed by atoms with van der Waals surface area (Å²) >= 11 is 0. The number of anilines is 1. The van der Waals surface area contributed by atoms with Crippen LogP contribution in [0.1, 0.15) is 11.1 Å². The van der Waals surface area contributed by atoms with Gasteiger partial charge in [-0.2, -0.15) is 0 Å². The van der Waals surface area contributed by atoms with E-state index in [0.29, 0.717) is 11.1 Å². The number of nitrogen functional groups attached to an aromatic ring is 1. The molecule has 0 bridgehead atoms. The van der Waals surface area contributed by atoms with Crippen molar-refractivity contribution in [1.82, 2.24) is 0 Å². The van der Waals surface area contributed by atoms with Crippen molar-refractivity contribution in [3.8, 4) is 0 Å². The summed E-state index contributed by atoms with van der Waals surface area (Å²) in [4.78, 5) is 21.1. The minimum absolute atomic E-state index is 0.130. The molecule has 90 valence electrons. The van der Waals surface area contributed by atoms with E-state index >= 15 is 0 Å². The molecule has 0 aliphatic rings. The molecule has 17 heavy (non-hydrogen) atoms. The Morgan fingerprint density at radius 1 is 1.53 bits per heavy atom. The Morgan fingerprint density at radius 2 is 2.18 bits per heavy atom. The highest BCUT2D eigenvalue weighted by molar-refractivity contribution is 5.87. The highest BCUT2D eigenvalue weighted by atomic mass is 16.6. The van der Waals surface area contributed by atoms with Crippen molar-refractivity contribution in [2.24, 2.45) is 0 Å². The van der Waals surface area contributed by atoms with Gasteiger partial charge in [-0.25, -0.2) is 4.79 Å². The molecule has 0 radical (unpaired) electrons. The normalized spacial score (nSPS) is 10.5. The van der Waals surface area contributed by atoms with Gasteiger partial charge >= 0.3 is 5.97 Å². The van der Waals surface area contributed by atoms with E-state index in [0.717, 1.165) is 0 Å². The van der Waals surface area contributed by atoms with Crippen LogP contribution in [0.2, 0.25) is 0 Å². The van der Waals surface area contributed by atoms with Crippen molar-refractivity contribution in [2.75, 3.05) is 12.8 Å². The molecule has 0 fully saturated rings. The van der Waals surface area contributed by atoms with Crippen molar-refractivity contribution in [3.63, 3.8) is 0 Å². The Hall–Kier alpha value is -2.37. The molecule has 1 aromatic carbocycles. The molecule has 0 heterocycles. The summed E-state index contributed by atoms with van der Waals surface area (Å²) in [5, 5.41) is 10.7. The summed E-state index contributed by atoms with van der Waals surface area (Å²) in [5.41, 5.74) is 6.64. The van der Waals surface area contributed by atoms with E-state index in [2.05, 4.69) is 4.74 Å². The summed E-state index contributed by atoms with van der Waals surface area (Å²) in [6, 6.07) is 2.96. The molecule has 0 atom stereocenters. The maximum absolute atomic E-state index is 10.9. The average Bonchev–Trinajstić information content (AvgIpc) is 2.29. The maximum Gasteiger partial charge on any atom is 0.330 e. The minimum atomic E-state index is -0.558. The first kappa shape index (κ1) is 12.7. The Bertz CT molecular complexity index is 494. The third-order valence-corrected chi connectivity index (χ3v) is 2.20. The van der Waals surface area contributed by atoms with Crippen LogP contribution in [0.4, 0.5) is 11.4 Å². The number of benzene rings is 1. The van der Waals surface area contributed by atoms with E-state index < -0.39 is 10.9 Å². The van der Waals surface area contributed by atoms with Crippen molar-refractivity contribution in [3.05, 3.63) is 39.4 Å². The molecule has 1 rings (SSSR count). The number of hydrogen-bond donors (Lipinski definition) is 1. The van der Waals surface area contributed by atoms with Crippen molar-refractivity contribution < 1.29 is 14.5 Å². The van der Waals surface area contributed by atoms with Gasteiger partial charge < -0.3 is 10.5 Å². The number of aryl methyl sites for hydroxylation is 1. The van der Waals surface area contributed by atoms with E-state index in [1.165, 1.54) is 25.3 Å². The maximum atomic E-state index is 10.9. The number of esters is 1. The van der Waals surface area contributed by atoms with E-state index in [-0.39, 0.29) is 11.4 Å². The number of nitro groups is 1. The van der Waals surface area contributed by atoms with E-state index in [1.54, 1.807) is 13.0 Å². The fraction of sp³-hybridized carbons (Fsp3) is 0.182. The van der Waals surface area contributed by atoms with Crippen LogP contribution in [0.25, 0.3) is 6.08 Å². The molecule has 0 spiro atoms. The van der Waals surface area contributed by atoms with Gasteiger partial charge in [0.05, 0.1) is 12.0 Å². The average molecular weight is 236 g/mol. The Kier molecular flexibility index (Phi) is 3.82. The standard InChI is InChI=1S/C11H12N2O4/c1-7-5-8(3-4-10(14)17-2)6-9(11(7)12)13(15)16/h3-6H,12H2,1-2H3. The van der Waals surface area contributed by atoms with Crippen LogP contribution < -0.4 is 5.73 Å². The lowest BCUT2D eigenvalue weighted by Crippen LogP contribution is -1.99. The third kappa shape index (κ3) is 3.04. The first-order valence-corrected chi connectivity index (χ1v) is 4.76. The minimum Gasteiger partial charge on any atom is -0.466 e. The molecule has 2 N–H and O–H groups in total. The lowest BCUT2D eigenvalue weighted by atomic mass is 10.1. The van der Waals surface area contributed by atoms with Gasteiger partial charge in [0, 0.05) is 12.1 Å². The molecule has 6 heteroatoms. The van der Waals surface area contributed by atoms with Crippen LogP contribution in [0, 0.1) is 17.0 Å². The summed E-state index contributed by atoms with van der Waals surface area (Å²) in [6.45, 7) is 1.66. The number of methoxy groups -OCH3 is 1. The van der Waals surface area contributed by atoms with Crippen LogP contribution in [-0.2, 0) is 9.53 Å². The molecular weight excluding hydrogens is 224 g/mol. The van der Waals surface area contributed by atoms with E-state index in [1.807, 2.05) is 0 Å². The lowest BCUT2D eigenvalue weighted by Gasteiger charge is -2.03. The van der Waals surface area contributed by atoms with Gasteiger partial charge in [0.25, 0.3) is 5.69 Å². The zero-order chi connectivity index (χ0) is 13.0. The number of nitro benzene ring substituents is 1. The second kappa shape index (κ2) is 5.11. The Morgan fingerprint density at radius 3 is 2.71 bits per heavy atom. The Balaban J connectivity index is 3.15. The fourth-order valence-corrected chi connectivity index (χ4v) is 1.29. The van der Waals surface area contributed by atoms with Gasteiger partial charge in [-0.05, 0) is 30.2 Å². The number of carbonyl (C=O) groups is 1. The van der Waals surface area contributed by atoms with E-state index in [9.17, 15) is 14.9 Å². The van der Waals surface area contributed by atoms with E-state index in [4.69, 9.17) is 5.73 Å². The zero-order valence-corrected chi connectivity index (χ0v) is 9.47. The van der Waals surface area contributed by atoms with Crippen molar-refractivity contribution in [1.29, 1.82) is 0 Å². The highest BCUT2D eigenvalue weighted by Crippen LogP contribution is 2.27. The molecule has 0 aromatic heterocycles. The predicted octanol–water partition coefficient (Wildman–Crippen LogP) is 1.67. The fourth-order valence-electron chi connectivity index (χ4n) is 1.29. The largest absolute Gasteiger partial charge is 0.466 e. The van der Waals surface area contributed by atoms with Crippen molar-refractivity contribution in [2.45, 2.75) is 6.92 Å². The summed E-state index contributed by atoms with van der Waals surface area (Å²) < 4.78 is 4.42. The Labute approximate surface area is 97.8 Å². The smallest absolute Gasteiger partial charge is 0.330 e. The molecule has 1 aromatic rings. The number of carbonyl (C=O) groups excluding carboxylic acids is 1. The summed E-state index contributed by atoms with van der Waals surface area (Å²) in [6.07, 6.45) is 2.62. The van der Waals surface area contributed by atoms with Gasteiger partial charge in [0.15, 0.2) is 0 Å². The van der Waals surface area contributed by atoms with Crippen LogP contribution >= 0.6 is 0 Å². The molecule has 0 aliphatic carbocycles. The lowest BCUT2D eigenvalue weighted by molar-refractivity contribution is -0.383. The van der Waals surface area contributed by atoms with Crippen molar-refractivity contribution >= 4 is 23.4 Å². The van der Waals surface area contributed by atoms with Gasteiger partial charge in [-0.15, -0.1) is 0 Å². The first-order valence-electron chi connectivity index (χ1n) is 4.76. The predicted molar refractivity (Wildman–Crippen MR) is 63.3 cm³/mol. The second-order valence-corrected chi connectivity index (χ2v) is 3.38. The van der Waals surface area contributed by atoms with Crippen LogP contribution in [0.5, 0.6) is 0 Å². The van der Waals surface area contributed by atoms with Gasteiger partial charge in [-0.3, -0.25) is 10.1 Å². The topological polar surface area (TPSA) is 95.5 Å².